The molecule has 0 saturated carbocycles. The van der Waals surface area contributed by atoms with E-state index in [1.54, 1.807) is 13.3 Å². The number of hydrogen-bond donors (Lipinski definition) is 2. The number of anilines is 1. The van der Waals surface area contributed by atoms with Gasteiger partial charge in [0, 0.05) is 28.8 Å². The zero-order valence-electron chi connectivity index (χ0n) is 13.8. The number of nitrogens with one attached hydrogen (secondary N) is 2. The molecular weight excluding hydrogens is 304 g/mol. The Bertz CT molecular complexity index is 952. The van der Waals surface area contributed by atoms with Crippen LogP contribution in [0.5, 0.6) is 0 Å². The van der Waals surface area contributed by atoms with Crippen molar-refractivity contribution in [3.05, 3.63) is 75.7 Å². The van der Waals surface area contributed by atoms with Crippen LogP contribution in [0.3, 0.4) is 0 Å². The van der Waals surface area contributed by atoms with E-state index < -0.39 is 0 Å². The minimum absolute atomic E-state index is 0.223. The first-order chi connectivity index (χ1) is 11.5. The van der Waals surface area contributed by atoms with Gasteiger partial charge in [-0.3, -0.25) is 9.59 Å². The first-order valence-corrected chi connectivity index (χ1v) is 7.58. The number of benzene rings is 1. The van der Waals surface area contributed by atoms with E-state index in [-0.39, 0.29) is 11.5 Å². The van der Waals surface area contributed by atoms with Gasteiger partial charge >= 0.3 is 0 Å². The summed E-state index contributed by atoms with van der Waals surface area (Å²) in [6, 6.07) is 10.4. The Kier molecular flexibility index (Phi) is 4.04. The van der Waals surface area contributed by atoms with Gasteiger partial charge in [-0.25, -0.2) is 4.98 Å². The molecule has 3 aromatic rings. The number of rotatable bonds is 3. The third-order valence-electron chi connectivity index (χ3n) is 4.02. The second kappa shape index (κ2) is 6.16. The Morgan fingerprint density at radius 3 is 2.38 bits per heavy atom. The Morgan fingerprint density at radius 2 is 1.79 bits per heavy atom. The molecule has 0 aliphatic rings. The standard InChI is InChI=1S/C18H18N4O2/c1-11-13(3)22(10-19-11)15-6-4-14(5-7-15)21-18(24)16-8-9-17(23)20-12(16)2/h4-10H,1-3H3,(H,20,23)(H,21,24). The van der Waals surface area contributed by atoms with Gasteiger partial charge in [-0.15, -0.1) is 0 Å². The van der Waals surface area contributed by atoms with Crippen molar-refractivity contribution in [2.75, 3.05) is 5.32 Å². The molecule has 2 aromatic heterocycles. The molecule has 0 saturated heterocycles. The third kappa shape index (κ3) is 2.99. The number of aromatic nitrogens is 3. The highest BCUT2D eigenvalue weighted by molar-refractivity contribution is 6.04. The zero-order valence-corrected chi connectivity index (χ0v) is 13.8. The number of H-pyrrole nitrogens is 1. The molecule has 6 nitrogen and oxygen atoms in total. The molecule has 0 atom stereocenters. The predicted molar refractivity (Wildman–Crippen MR) is 92.8 cm³/mol. The van der Waals surface area contributed by atoms with Crippen molar-refractivity contribution in [2.24, 2.45) is 0 Å². The van der Waals surface area contributed by atoms with Gasteiger partial charge in [0.25, 0.3) is 5.91 Å². The van der Waals surface area contributed by atoms with Crippen molar-refractivity contribution in [3.63, 3.8) is 0 Å². The molecule has 1 aromatic carbocycles. The van der Waals surface area contributed by atoms with Gasteiger partial charge < -0.3 is 14.9 Å². The van der Waals surface area contributed by atoms with Gasteiger partial charge in [0.15, 0.2) is 0 Å². The van der Waals surface area contributed by atoms with Crippen LogP contribution < -0.4 is 10.9 Å². The molecule has 6 heteroatoms. The lowest BCUT2D eigenvalue weighted by molar-refractivity contribution is 0.102. The van der Waals surface area contributed by atoms with Crippen LogP contribution in [0.2, 0.25) is 0 Å². The average molecular weight is 322 g/mol. The van der Waals surface area contributed by atoms with Crippen molar-refractivity contribution in [1.82, 2.24) is 14.5 Å². The normalized spacial score (nSPS) is 10.6. The summed E-state index contributed by atoms with van der Waals surface area (Å²) in [6.45, 7) is 5.67. The molecule has 0 fully saturated rings. The summed E-state index contributed by atoms with van der Waals surface area (Å²) in [5.41, 5.74) is 4.49. The fraction of sp³-hybridized carbons (Fsp3) is 0.167. The van der Waals surface area contributed by atoms with Crippen molar-refractivity contribution < 1.29 is 4.79 Å². The van der Waals surface area contributed by atoms with Crippen LogP contribution in [0.4, 0.5) is 5.69 Å². The number of carbonyl (C=O) groups is 1. The maximum atomic E-state index is 12.3. The van der Waals surface area contributed by atoms with Crippen LogP contribution in [0.15, 0.2) is 47.5 Å². The maximum absolute atomic E-state index is 12.3. The van der Waals surface area contributed by atoms with E-state index in [4.69, 9.17) is 0 Å². The van der Waals surface area contributed by atoms with E-state index in [0.717, 1.165) is 17.1 Å². The summed E-state index contributed by atoms with van der Waals surface area (Å²) in [5.74, 6) is -0.258. The summed E-state index contributed by atoms with van der Waals surface area (Å²) in [6.07, 6.45) is 1.78. The molecule has 0 radical (unpaired) electrons. The lowest BCUT2D eigenvalue weighted by Gasteiger charge is -2.09. The first-order valence-electron chi connectivity index (χ1n) is 7.58. The molecule has 1 amide bonds. The fourth-order valence-corrected chi connectivity index (χ4v) is 2.49. The number of aromatic amines is 1. The number of imidazole rings is 1. The van der Waals surface area contributed by atoms with E-state index in [1.165, 1.54) is 12.1 Å². The topological polar surface area (TPSA) is 79.8 Å². The molecule has 122 valence electrons. The molecule has 3 rings (SSSR count). The maximum Gasteiger partial charge on any atom is 0.257 e. The summed E-state index contributed by atoms with van der Waals surface area (Å²) < 4.78 is 1.99. The first kappa shape index (κ1) is 15.7. The van der Waals surface area contributed by atoms with Crippen LogP contribution in [-0.4, -0.2) is 20.4 Å². The highest BCUT2D eigenvalue weighted by atomic mass is 16.1. The predicted octanol–water partition coefficient (Wildman–Crippen LogP) is 2.74. The van der Waals surface area contributed by atoms with Crippen LogP contribution in [0.1, 0.15) is 27.4 Å². The largest absolute Gasteiger partial charge is 0.326 e. The fourth-order valence-electron chi connectivity index (χ4n) is 2.49. The molecule has 24 heavy (non-hydrogen) atoms. The van der Waals surface area contributed by atoms with Gasteiger partial charge in [-0.05, 0) is 51.1 Å². The molecule has 0 bridgehead atoms. The number of amides is 1. The van der Waals surface area contributed by atoms with Crippen molar-refractivity contribution >= 4 is 11.6 Å². The Balaban J connectivity index is 1.80. The van der Waals surface area contributed by atoms with E-state index >= 15 is 0 Å². The van der Waals surface area contributed by atoms with Gasteiger partial charge in [-0.2, -0.15) is 0 Å². The number of aryl methyl sites for hydroxylation is 2. The molecule has 0 aliphatic heterocycles. The van der Waals surface area contributed by atoms with Crippen LogP contribution in [0.25, 0.3) is 5.69 Å². The second-order valence-electron chi connectivity index (χ2n) is 5.65. The van der Waals surface area contributed by atoms with Crippen molar-refractivity contribution in [2.45, 2.75) is 20.8 Å². The van der Waals surface area contributed by atoms with Crippen molar-refractivity contribution in [1.29, 1.82) is 0 Å². The van der Waals surface area contributed by atoms with Gasteiger partial charge in [0.05, 0.1) is 17.6 Å². The quantitative estimate of drug-likeness (QED) is 0.778. The van der Waals surface area contributed by atoms with Gasteiger partial charge in [0.1, 0.15) is 0 Å². The zero-order chi connectivity index (χ0) is 17.3. The van der Waals surface area contributed by atoms with E-state index in [2.05, 4.69) is 15.3 Å². The van der Waals surface area contributed by atoms with Crippen LogP contribution >= 0.6 is 0 Å². The lowest BCUT2D eigenvalue weighted by Crippen LogP contribution is -2.17. The average Bonchev–Trinajstić information content (AvgIpc) is 2.87. The highest BCUT2D eigenvalue weighted by Gasteiger charge is 2.10. The number of carbonyl (C=O) groups excluding carboxylic acids is 1. The monoisotopic (exact) mass is 322 g/mol. The Hall–Kier alpha value is -3.15. The minimum atomic E-state index is -0.258. The minimum Gasteiger partial charge on any atom is -0.326 e. The smallest absolute Gasteiger partial charge is 0.257 e. The Labute approximate surface area is 139 Å². The molecule has 0 unspecified atom stereocenters. The van der Waals surface area contributed by atoms with E-state index in [1.807, 2.05) is 42.7 Å². The Morgan fingerprint density at radius 1 is 1.08 bits per heavy atom. The number of hydrogen-bond acceptors (Lipinski definition) is 3. The number of nitrogens with zero attached hydrogens (tertiary/aromatic N) is 2. The summed E-state index contributed by atoms with van der Waals surface area (Å²) in [4.78, 5) is 30.4. The molecule has 0 spiro atoms. The molecule has 2 heterocycles. The summed E-state index contributed by atoms with van der Waals surface area (Å²) in [7, 11) is 0. The third-order valence-corrected chi connectivity index (χ3v) is 4.02. The molecule has 2 N–H and O–H groups in total. The highest BCUT2D eigenvalue weighted by Crippen LogP contribution is 2.17. The second-order valence-corrected chi connectivity index (χ2v) is 5.65. The summed E-state index contributed by atoms with van der Waals surface area (Å²) >= 11 is 0. The lowest BCUT2D eigenvalue weighted by atomic mass is 10.2. The summed E-state index contributed by atoms with van der Waals surface area (Å²) in [5, 5.41) is 2.83. The SMILES string of the molecule is Cc1ncn(-c2ccc(NC(=O)c3ccc(=O)[nH]c3C)cc2)c1C. The number of pyridine rings is 1. The van der Waals surface area contributed by atoms with Crippen molar-refractivity contribution in [3.8, 4) is 5.69 Å². The van der Waals surface area contributed by atoms with Crippen LogP contribution in [0, 0.1) is 20.8 Å². The molecule has 0 aliphatic carbocycles. The molecular formula is C18H18N4O2. The van der Waals surface area contributed by atoms with E-state index in [9.17, 15) is 9.59 Å². The van der Waals surface area contributed by atoms with Gasteiger partial charge in [-0.1, -0.05) is 0 Å². The van der Waals surface area contributed by atoms with Gasteiger partial charge in [0.2, 0.25) is 5.56 Å². The van der Waals surface area contributed by atoms with E-state index in [0.29, 0.717) is 16.9 Å². The van der Waals surface area contributed by atoms with Crippen LogP contribution in [-0.2, 0) is 0 Å².